The van der Waals surface area contributed by atoms with E-state index in [0.29, 0.717) is 11.3 Å². The molecule has 3 nitrogen and oxygen atoms in total. The molecular weight excluding hydrogens is 348 g/mol. The van der Waals surface area contributed by atoms with Crippen LogP contribution < -0.4 is 10.1 Å². The molecule has 1 amide bonds. The van der Waals surface area contributed by atoms with Crippen LogP contribution in [-0.4, -0.2) is 12.5 Å². The summed E-state index contributed by atoms with van der Waals surface area (Å²) in [6.07, 6.45) is 0. The number of ether oxygens (including phenoxy) is 1. The zero-order chi connectivity index (χ0) is 19.2. The lowest BCUT2D eigenvalue weighted by Gasteiger charge is -2.16. The van der Waals surface area contributed by atoms with Crippen LogP contribution in [0.25, 0.3) is 11.1 Å². The second-order valence-corrected chi connectivity index (χ2v) is 6.11. The van der Waals surface area contributed by atoms with Gasteiger partial charge in [0, 0.05) is 5.56 Å². The second-order valence-electron chi connectivity index (χ2n) is 6.11. The minimum atomic E-state index is -0.943. The molecule has 0 saturated heterocycles. The van der Waals surface area contributed by atoms with Gasteiger partial charge in [0.2, 0.25) is 0 Å². The van der Waals surface area contributed by atoms with Gasteiger partial charge in [0.25, 0.3) is 5.91 Å². The van der Waals surface area contributed by atoms with E-state index < -0.39 is 17.7 Å². The Morgan fingerprint density at radius 2 is 1.67 bits per heavy atom. The Bertz CT molecular complexity index is 929. The molecule has 138 valence electrons. The van der Waals surface area contributed by atoms with Crippen molar-refractivity contribution in [2.24, 2.45) is 0 Å². The molecule has 0 saturated carbocycles. The van der Waals surface area contributed by atoms with E-state index in [2.05, 4.69) is 5.32 Å². The number of amides is 1. The first-order chi connectivity index (χ1) is 13.0. The molecule has 0 aliphatic rings. The molecule has 3 rings (SSSR count). The van der Waals surface area contributed by atoms with Crippen molar-refractivity contribution in [2.45, 2.75) is 13.0 Å². The SMILES string of the molecule is CC(NC(=O)COc1ccccc1-c1ccccc1)c1ccc(F)c(F)c1. The van der Waals surface area contributed by atoms with E-state index in [4.69, 9.17) is 4.74 Å². The Morgan fingerprint density at radius 1 is 0.963 bits per heavy atom. The second kappa shape index (κ2) is 8.45. The van der Waals surface area contributed by atoms with Crippen molar-refractivity contribution >= 4 is 5.91 Å². The summed E-state index contributed by atoms with van der Waals surface area (Å²) < 4.78 is 32.1. The van der Waals surface area contributed by atoms with Gasteiger partial charge < -0.3 is 10.1 Å². The molecule has 0 aromatic heterocycles. The van der Waals surface area contributed by atoms with Crippen LogP contribution in [0.3, 0.4) is 0 Å². The minimum Gasteiger partial charge on any atom is -0.483 e. The van der Waals surface area contributed by atoms with E-state index >= 15 is 0 Å². The molecule has 1 atom stereocenters. The number of para-hydroxylation sites is 1. The maximum Gasteiger partial charge on any atom is 0.258 e. The van der Waals surface area contributed by atoms with Crippen molar-refractivity contribution in [1.29, 1.82) is 0 Å². The van der Waals surface area contributed by atoms with Gasteiger partial charge in [0.05, 0.1) is 6.04 Å². The van der Waals surface area contributed by atoms with Gasteiger partial charge in [0.1, 0.15) is 5.75 Å². The number of nitrogens with one attached hydrogen (secondary N) is 1. The first kappa shape index (κ1) is 18.6. The van der Waals surface area contributed by atoms with E-state index in [1.165, 1.54) is 6.07 Å². The van der Waals surface area contributed by atoms with E-state index in [-0.39, 0.29) is 12.5 Å². The predicted molar refractivity (Wildman–Crippen MR) is 100 cm³/mol. The molecule has 1 N–H and O–H groups in total. The van der Waals surface area contributed by atoms with Crippen molar-refractivity contribution in [3.05, 3.63) is 90.0 Å². The maximum atomic E-state index is 13.3. The number of hydrogen-bond acceptors (Lipinski definition) is 2. The molecule has 0 aliphatic carbocycles. The Kier molecular flexibility index (Phi) is 5.81. The Balaban J connectivity index is 1.64. The van der Waals surface area contributed by atoms with Crippen molar-refractivity contribution in [3.8, 4) is 16.9 Å². The van der Waals surface area contributed by atoms with Gasteiger partial charge in [-0.25, -0.2) is 8.78 Å². The third kappa shape index (κ3) is 4.70. The molecule has 0 spiro atoms. The zero-order valence-corrected chi connectivity index (χ0v) is 14.8. The maximum absolute atomic E-state index is 13.3. The fourth-order valence-electron chi connectivity index (χ4n) is 2.74. The Morgan fingerprint density at radius 3 is 2.41 bits per heavy atom. The summed E-state index contributed by atoms with van der Waals surface area (Å²) in [6, 6.07) is 20.3. The lowest BCUT2D eigenvalue weighted by Crippen LogP contribution is -2.31. The van der Waals surface area contributed by atoms with Gasteiger partial charge >= 0.3 is 0 Å². The molecule has 5 heteroatoms. The van der Waals surface area contributed by atoms with Crippen LogP contribution in [0.2, 0.25) is 0 Å². The molecule has 3 aromatic carbocycles. The van der Waals surface area contributed by atoms with Crippen LogP contribution in [0, 0.1) is 11.6 Å². The van der Waals surface area contributed by atoms with Gasteiger partial charge in [-0.05, 0) is 36.2 Å². The monoisotopic (exact) mass is 367 g/mol. The molecule has 0 bridgehead atoms. The average Bonchev–Trinajstić information content (AvgIpc) is 2.69. The van der Waals surface area contributed by atoms with E-state index in [9.17, 15) is 13.6 Å². The van der Waals surface area contributed by atoms with Gasteiger partial charge in [0.15, 0.2) is 18.2 Å². The lowest BCUT2D eigenvalue weighted by molar-refractivity contribution is -0.123. The van der Waals surface area contributed by atoms with Crippen molar-refractivity contribution in [2.75, 3.05) is 6.61 Å². The predicted octanol–water partition coefficient (Wildman–Crippen LogP) is 4.89. The fraction of sp³-hybridized carbons (Fsp3) is 0.136. The van der Waals surface area contributed by atoms with Crippen molar-refractivity contribution in [3.63, 3.8) is 0 Å². The Hall–Kier alpha value is -3.21. The summed E-state index contributed by atoms with van der Waals surface area (Å²) in [5.41, 5.74) is 2.36. The molecule has 3 aromatic rings. The zero-order valence-electron chi connectivity index (χ0n) is 14.8. The van der Waals surface area contributed by atoms with Crippen LogP contribution in [0.1, 0.15) is 18.5 Å². The molecule has 0 fully saturated rings. The van der Waals surface area contributed by atoms with Crippen LogP contribution in [0.4, 0.5) is 8.78 Å². The van der Waals surface area contributed by atoms with Crippen molar-refractivity contribution < 1.29 is 18.3 Å². The van der Waals surface area contributed by atoms with Gasteiger partial charge in [-0.15, -0.1) is 0 Å². The summed E-state index contributed by atoms with van der Waals surface area (Å²) in [7, 11) is 0. The quantitative estimate of drug-likeness (QED) is 0.674. The molecule has 1 unspecified atom stereocenters. The molecule has 0 aliphatic heterocycles. The fourth-order valence-corrected chi connectivity index (χ4v) is 2.74. The largest absolute Gasteiger partial charge is 0.483 e. The highest BCUT2D eigenvalue weighted by Gasteiger charge is 2.13. The summed E-state index contributed by atoms with van der Waals surface area (Å²) in [6.45, 7) is 1.51. The summed E-state index contributed by atoms with van der Waals surface area (Å²) in [4.78, 5) is 12.2. The molecular formula is C22H19F2NO2. The van der Waals surface area contributed by atoms with E-state index in [1.807, 2.05) is 48.5 Å². The number of carbonyl (C=O) groups is 1. The first-order valence-corrected chi connectivity index (χ1v) is 8.56. The number of benzene rings is 3. The first-order valence-electron chi connectivity index (χ1n) is 8.56. The summed E-state index contributed by atoms with van der Waals surface area (Å²) in [5.74, 6) is -1.62. The summed E-state index contributed by atoms with van der Waals surface area (Å²) >= 11 is 0. The number of hydrogen-bond donors (Lipinski definition) is 1. The standard InChI is InChI=1S/C22H19F2NO2/c1-15(17-11-12-19(23)20(24)13-17)25-22(26)14-27-21-10-6-5-9-18(21)16-7-3-2-4-8-16/h2-13,15H,14H2,1H3,(H,25,26). The minimum absolute atomic E-state index is 0.183. The van der Waals surface area contributed by atoms with E-state index in [0.717, 1.165) is 23.3 Å². The average molecular weight is 367 g/mol. The van der Waals surface area contributed by atoms with Crippen LogP contribution in [-0.2, 0) is 4.79 Å². The third-order valence-corrected chi connectivity index (χ3v) is 4.15. The summed E-state index contributed by atoms with van der Waals surface area (Å²) in [5, 5.41) is 2.72. The highest BCUT2D eigenvalue weighted by molar-refractivity contribution is 5.78. The Labute approximate surface area is 156 Å². The van der Waals surface area contributed by atoms with Gasteiger partial charge in [-0.3, -0.25) is 4.79 Å². The molecule has 27 heavy (non-hydrogen) atoms. The van der Waals surface area contributed by atoms with Crippen LogP contribution in [0.5, 0.6) is 5.75 Å². The molecule has 0 heterocycles. The van der Waals surface area contributed by atoms with Crippen LogP contribution >= 0.6 is 0 Å². The topological polar surface area (TPSA) is 38.3 Å². The van der Waals surface area contributed by atoms with Gasteiger partial charge in [-0.1, -0.05) is 54.6 Å². The van der Waals surface area contributed by atoms with Crippen LogP contribution in [0.15, 0.2) is 72.8 Å². The highest BCUT2D eigenvalue weighted by Crippen LogP contribution is 2.29. The number of halogens is 2. The number of rotatable bonds is 6. The van der Waals surface area contributed by atoms with Gasteiger partial charge in [-0.2, -0.15) is 0 Å². The smallest absolute Gasteiger partial charge is 0.258 e. The number of carbonyl (C=O) groups excluding carboxylic acids is 1. The van der Waals surface area contributed by atoms with Crippen molar-refractivity contribution in [1.82, 2.24) is 5.32 Å². The normalized spacial score (nSPS) is 11.7. The van der Waals surface area contributed by atoms with E-state index in [1.54, 1.807) is 13.0 Å². The molecule has 0 radical (unpaired) electrons. The third-order valence-electron chi connectivity index (χ3n) is 4.15. The highest BCUT2D eigenvalue weighted by atomic mass is 19.2. The lowest BCUT2D eigenvalue weighted by atomic mass is 10.1.